The minimum Gasteiger partial charge on any atom is -0.497 e. The number of nitrogens with zero attached hydrogens (tertiary/aromatic N) is 2. The molecular formula is C17H22N2O2. The summed E-state index contributed by atoms with van der Waals surface area (Å²) in [4.78, 5) is 6.99. The number of oxazole rings is 1. The topological polar surface area (TPSA) is 38.5 Å². The predicted molar refractivity (Wildman–Crippen MR) is 81.4 cm³/mol. The Morgan fingerprint density at radius 3 is 2.90 bits per heavy atom. The summed E-state index contributed by atoms with van der Waals surface area (Å²) in [6.07, 6.45) is 2.97. The van der Waals surface area contributed by atoms with Crippen molar-refractivity contribution in [3.05, 3.63) is 47.7 Å². The number of hydrogen-bond acceptors (Lipinski definition) is 4. The first kappa shape index (κ1) is 14.1. The van der Waals surface area contributed by atoms with Crippen LogP contribution in [-0.4, -0.2) is 23.5 Å². The first-order valence-electron chi connectivity index (χ1n) is 7.49. The SMILES string of the molecule is COc1cccc([C@@H]2CCN2Cc2coc(C(C)C)n2)c1. The van der Waals surface area contributed by atoms with Gasteiger partial charge in [-0.1, -0.05) is 26.0 Å². The molecule has 0 radical (unpaired) electrons. The number of hydrogen-bond donors (Lipinski definition) is 0. The maximum atomic E-state index is 5.52. The molecular weight excluding hydrogens is 264 g/mol. The van der Waals surface area contributed by atoms with Gasteiger partial charge in [0.2, 0.25) is 0 Å². The van der Waals surface area contributed by atoms with E-state index in [0.717, 1.165) is 30.4 Å². The Labute approximate surface area is 125 Å². The average molecular weight is 286 g/mol. The van der Waals surface area contributed by atoms with Crippen LogP contribution < -0.4 is 4.74 Å². The number of rotatable bonds is 5. The van der Waals surface area contributed by atoms with Gasteiger partial charge in [-0.15, -0.1) is 0 Å². The van der Waals surface area contributed by atoms with E-state index in [2.05, 4.69) is 41.9 Å². The van der Waals surface area contributed by atoms with Gasteiger partial charge in [0.1, 0.15) is 12.0 Å². The first-order valence-corrected chi connectivity index (χ1v) is 7.49. The Morgan fingerprint density at radius 1 is 1.43 bits per heavy atom. The average Bonchev–Trinajstić information content (AvgIpc) is 2.93. The van der Waals surface area contributed by atoms with E-state index in [1.165, 1.54) is 12.0 Å². The monoisotopic (exact) mass is 286 g/mol. The minimum atomic E-state index is 0.337. The summed E-state index contributed by atoms with van der Waals surface area (Å²) >= 11 is 0. The van der Waals surface area contributed by atoms with E-state index in [9.17, 15) is 0 Å². The molecule has 4 heteroatoms. The predicted octanol–water partition coefficient (Wildman–Crippen LogP) is 3.75. The molecule has 1 aromatic heterocycles. The molecule has 0 N–H and O–H groups in total. The summed E-state index contributed by atoms with van der Waals surface area (Å²) in [6, 6.07) is 8.79. The van der Waals surface area contributed by atoms with Crippen LogP contribution in [0, 0.1) is 0 Å². The van der Waals surface area contributed by atoms with Crippen molar-refractivity contribution in [3.63, 3.8) is 0 Å². The molecule has 4 nitrogen and oxygen atoms in total. The molecule has 0 unspecified atom stereocenters. The maximum Gasteiger partial charge on any atom is 0.196 e. The van der Waals surface area contributed by atoms with Gasteiger partial charge in [-0.25, -0.2) is 4.98 Å². The smallest absolute Gasteiger partial charge is 0.196 e. The Hall–Kier alpha value is -1.81. The van der Waals surface area contributed by atoms with Crippen LogP contribution in [0.2, 0.25) is 0 Å². The fraction of sp³-hybridized carbons (Fsp3) is 0.471. The van der Waals surface area contributed by atoms with Crippen LogP contribution in [0.15, 0.2) is 34.9 Å². The Kier molecular flexibility index (Phi) is 3.97. The summed E-state index contributed by atoms with van der Waals surface area (Å²) < 4.78 is 10.8. The van der Waals surface area contributed by atoms with Crippen molar-refractivity contribution in [2.75, 3.05) is 13.7 Å². The molecule has 0 aliphatic carbocycles. The summed E-state index contributed by atoms with van der Waals surface area (Å²) in [5, 5.41) is 0. The largest absolute Gasteiger partial charge is 0.497 e. The van der Waals surface area contributed by atoms with E-state index >= 15 is 0 Å². The quantitative estimate of drug-likeness (QED) is 0.839. The van der Waals surface area contributed by atoms with Gasteiger partial charge in [0.15, 0.2) is 5.89 Å². The van der Waals surface area contributed by atoms with Crippen LogP contribution in [0.4, 0.5) is 0 Å². The maximum absolute atomic E-state index is 5.52. The van der Waals surface area contributed by atoms with Gasteiger partial charge in [-0.05, 0) is 24.1 Å². The van der Waals surface area contributed by atoms with E-state index in [0.29, 0.717) is 12.0 Å². The van der Waals surface area contributed by atoms with Crippen LogP contribution in [-0.2, 0) is 6.54 Å². The van der Waals surface area contributed by atoms with Crippen LogP contribution in [0.25, 0.3) is 0 Å². The molecule has 2 aromatic rings. The van der Waals surface area contributed by atoms with E-state index < -0.39 is 0 Å². The van der Waals surface area contributed by atoms with Crippen molar-refractivity contribution in [2.24, 2.45) is 0 Å². The zero-order chi connectivity index (χ0) is 14.8. The van der Waals surface area contributed by atoms with E-state index in [1.54, 1.807) is 13.4 Å². The Morgan fingerprint density at radius 2 is 2.29 bits per heavy atom. The van der Waals surface area contributed by atoms with Crippen LogP contribution >= 0.6 is 0 Å². The third-order valence-electron chi connectivity index (χ3n) is 4.04. The zero-order valence-electron chi connectivity index (χ0n) is 12.9. The molecule has 1 aromatic carbocycles. The molecule has 1 saturated heterocycles. The van der Waals surface area contributed by atoms with Crippen molar-refractivity contribution in [3.8, 4) is 5.75 Å². The molecule has 112 valence electrons. The summed E-state index contributed by atoms with van der Waals surface area (Å²) in [5.74, 6) is 2.08. The lowest BCUT2D eigenvalue weighted by atomic mass is 9.94. The number of methoxy groups -OCH3 is 1. The summed E-state index contributed by atoms with van der Waals surface area (Å²) in [5.41, 5.74) is 2.33. The normalized spacial score (nSPS) is 18.8. The number of aromatic nitrogens is 1. The standard InChI is InChI=1S/C17H22N2O2/c1-12(2)17-18-14(11-21-17)10-19-8-7-16(19)13-5-4-6-15(9-13)20-3/h4-6,9,11-12,16H,7-8,10H2,1-3H3/t16-/m0/s1. The molecule has 0 amide bonds. The Balaban J connectivity index is 1.68. The van der Waals surface area contributed by atoms with Crippen LogP contribution in [0.1, 0.15) is 49.4 Å². The van der Waals surface area contributed by atoms with Gasteiger partial charge >= 0.3 is 0 Å². The first-order chi connectivity index (χ1) is 10.2. The second-order valence-electron chi connectivity index (χ2n) is 5.88. The molecule has 1 fully saturated rings. The van der Waals surface area contributed by atoms with Crippen LogP contribution in [0.5, 0.6) is 5.75 Å². The van der Waals surface area contributed by atoms with E-state index in [4.69, 9.17) is 9.15 Å². The van der Waals surface area contributed by atoms with E-state index in [1.807, 2.05) is 6.07 Å². The highest BCUT2D eigenvalue weighted by Crippen LogP contribution is 2.35. The molecule has 21 heavy (non-hydrogen) atoms. The second kappa shape index (κ2) is 5.90. The van der Waals surface area contributed by atoms with Crippen molar-refractivity contribution >= 4 is 0 Å². The molecule has 0 bridgehead atoms. The number of likely N-dealkylation sites (tertiary alicyclic amines) is 1. The molecule has 2 heterocycles. The fourth-order valence-electron chi connectivity index (χ4n) is 2.72. The third kappa shape index (κ3) is 2.95. The lowest BCUT2D eigenvalue weighted by molar-refractivity contribution is 0.0802. The number of benzene rings is 1. The Bertz CT molecular complexity index is 606. The molecule has 1 atom stereocenters. The van der Waals surface area contributed by atoms with Crippen molar-refractivity contribution in [1.29, 1.82) is 0 Å². The molecule has 1 aliphatic heterocycles. The van der Waals surface area contributed by atoms with Gasteiger partial charge in [-0.3, -0.25) is 4.90 Å². The van der Waals surface area contributed by atoms with Crippen molar-refractivity contribution in [1.82, 2.24) is 9.88 Å². The highest BCUT2D eigenvalue weighted by Gasteiger charge is 2.30. The highest BCUT2D eigenvalue weighted by atomic mass is 16.5. The zero-order valence-corrected chi connectivity index (χ0v) is 12.9. The highest BCUT2D eigenvalue weighted by molar-refractivity contribution is 5.31. The summed E-state index contributed by atoms with van der Waals surface area (Å²) in [7, 11) is 1.71. The fourth-order valence-corrected chi connectivity index (χ4v) is 2.72. The molecule has 3 rings (SSSR count). The van der Waals surface area contributed by atoms with Crippen LogP contribution in [0.3, 0.4) is 0 Å². The third-order valence-corrected chi connectivity index (χ3v) is 4.04. The molecule has 1 aliphatic rings. The lowest BCUT2D eigenvalue weighted by Crippen LogP contribution is -2.40. The summed E-state index contributed by atoms with van der Waals surface area (Å²) in [6.45, 7) is 6.14. The van der Waals surface area contributed by atoms with Crippen molar-refractivity contribution < 1.29 is 9.15 Å². The van der Waals surface area contributed by atoms with Gasteiger partial charge < -0.3 is 9.15 Å². The minimum absolute atomic E-state index is 0.337. The second-order valence-corrected chi connectivity index (χ2v) is 5.88. The van der Waals surface area contributed by atoms with E-state index in [-0.39, 0.29) is 0 Å². The van der Waals surface area contributed by atoms with Crippen molar-refractivity contribution in [2.45, 2.75) is 38.8 Å². The van der Waals surface area contributed by atoms with Gasteiger partial charge in [0.05, 0.1) is 12.8 Å². The molecule has 0 saturated carbocycles. The number of ether oxygens (including phenoxy) is 1. The van der Waals surface area contributed by atoms with Gasteiger partial charge in [0.25, 0.3) is 0 Å². The van der Waals surface area contributed by atoms with Gasteiger partial charge in [0, 0.05) is 25.0 Å². The van der Waals surface area contributed by atoms with Gasteiger partial charge in [-0.2, -0.15) is 0 Å². The lowest BCUT2D eigenvalue weighted by Gasteiger charge is -2.41. The molecule has 0 spiro atoms.